The minimum absolute atomic E-state index is 0.173. The van der Waals surface area contributed by atoms with Crippen LogP contribution in [0.4, 0.5) is 14.5 Å². The number of carbonyl (C=O) groups is 1. The molecule has 0 radical (unpaired) electrons. The van der Waals surface area contributed by atoms with E-state index in [9.17, 15) is 9.18 Å². The van der Waals surface area contributed by atoms with Gasteiger partial charge >= 0.3 is 0 Å². The molecule has 38 heavy (non-hydrogen) atoms. The molecule has 5 aromatic heterocycles. The van der Waals surface area contributed by atoms with Crippen molar-refractivity contribution in [2.24, 2.45) is 5.41 Å². The van der Waals surface area contributed by atoms with Gasteiger partial charge < -0.3 is 10.3 Å². The summed E-state index contributed by atoms with van der Waals surface area (Å²) in [6, 6.07) is 9.64. The van der Waals surface area contributed by atoms with Gasteiger partial charge in [0.2, 0.25) is 5.91 Å². The van der Waals surface area contributed by atoms with Crippen LogP contribution in [0.5, 0.6) is 0 Å². The maximum Gasteiger partial charge on any atom is 0.229 e. The van der Waals surface area contributed by atoms with E-state index in [1.807, 2.05) is 20.8 Å². The van der Waals surface area contributed by atoms with E-state index in [4.69, 9.17) is 0 Å². The number of benzene rings is 1. The lowest BCUT2D eigenvalue weighted by Crippen LogP contribution is -2.27. The number of pyridine rings is 2. The van der Waals surface area contributed by atoms with Crippen LogP contribution in [-0.4, -0.2) is 36.0 Å². The average molecular weight is 530 g/mol. The summed E-state index contributed by atoms with van der Waals surface area (Å²) in [7, 11) is 0. The number of rotatable bonds is 4. The number of hydrogen-bond donors (Lipinski definition) is 3. The second-order valence-electron chi connectivity index (χ2n) is 9.86. The maximum absolute atomic E-state index is 15.2. The molecule has 0 spiro atoms. The van der Waals surface area contributed by atoms with Crippen molar-refractivity contribution in [3.8, 4) is 33.1 Å². The molecule has 11 heteroatoms. The van der Waals surface area contributed by atoms with Crippen LogP contribution in [0.15, 0.2) is 55.0 Å². The number of imidazole rings is 1. The van der Waals surface area contributed by atoms with Gasteiger partial charge in [-0.1, -0.05) is 20.8 Å². The fourth-order valence-electron chi connectivity index (χ4n) is 4.10. The third kappa shape index (κ3) is 4.20. The molecule has 5 heterocycles. The zero-order valence-corrected chi connectivity index (χ0v) is 21.4. The van der Waals surface area contributed by atoms with Gasteiger partial charge in [0.1, 0.15) is 11.5 Å². The number of fused-ring (bicyclic) bond motifs is 2. The molecule has 8 nitrogen and oxygen atoms in total. The summed E-state index contributed by atoms with van der Waals surface area (Å²) in [4.78, 5) is 29.6. The van der Waals surface area contributed by atoms with Gasteiger partial charge in [0, 0.05) is 50.8 Å². The van der Waals surface area contributed by atoms with Gasteiger partial charge in [-0.05, 0) is 30.3 Å². The molecule has 1 amide bonds. The molecule has 6 aromatic rings. The van der Waals surface area contributed by atoms with Crippen molar-refractivity contribution in [3.05, 3.63) is 65.9 Å². The Bertz CT molecular complexity index is 1850. The second kappa shape index (κ2) is 8.80. The number of H-pyrrole nitrogens is 2. The Labute approximate surface area is 219 Å². The molecule has 3 N–H and O–H groups in total. The molecule has 6 rings (SSSR count). The van der Waals surface area contributed by atoms with Gasteiger partial charge in [-0.2, -0.15) is 9.49 Å². The minimum Gasteiger partial charge on any atom is -0.335 e. The van der Waals surface area contributed by atoms with Crippen molar-refractivity contribution in [2.75, 3.05) is 5.32 Å². The van der Waals surface area contributed by atoms with Crippen molar-refractivity contribution in [1.29, 1.82) is 0 Å². The molecule has 1 aromatic carbocycles. The second-order valence-corrected chi connectivity index (χ2v) is 10.9. The van der Waals surface area contributed by atoms with Crippen molar-refractivity contribution >= 4 is 45.0 Å². The predicted octanol–water partition coefficient (Wildman–Crippen LogP) is 6.55. The molecule has 0 unspecified atom stereocenters. The molecule has 0 bridgehead atoms. The number of carbonyl (C=O) groups excluding carboxylic acids is 1. The molecule has 0 aliphatic rings. The molecule has 0 saturated carbocycles. The topological polar surface area (TPSA) is 112 Å². The van der Waals surface area contributed by atoms with E-state index >= 15 is 4.39 Å². The minimum atomic E-state index is -0.592. The first-order chi connectivity index (χ1) is 18.2. The SMILES string of the molecule is CC(C)(C)C(=O)Nc1cncc(-c2cc3c(-c4nc5nccc(-c6ccc(F)s6)c5[nH]4)n[nH]c3cc2F)c1. The van der Waals surface area contributed by atoms with Gasteiger partial charge in [0.15, 0.2) is 16.6 Å². The fraction of sp³-hybridized carbons (Fsp3) is 0.148. The molecular formula is C27H21F2N7OS. The highest BCUT2D eigenvalue weighted by molar-refractivity contribution is 7.14. The van der Waals surface area contributed by atoms with E-state index in [0.717, 1.165) is 21.8 Å². The summed E-state index contributed by atoms with van der Waals surface area (Å²) >= 11 is 1.03. The van der Waals surface area contributed by atoms with Gasteiger partial charge in [0.05, 0.1) is 22.9 Å². The van der Waals surface area contributed by atoms with Crippen LogP contribution in [-0.2, 0) is 4.79 Å². The van der Waals surface area contributed by atoms with Crippen molar-refractivity contribution in [1.82, 2.24) is 30.1 Å². The molecule has 0 saturated heterocycles. The van der Waals surface area contributed by atoms with E-state index in [0.29, 0.717) is 50.4 Å². The number of thiophene rings is 1. The van der Waals surface area contributed by atoms with Crippen molar-refractivity contribution < 1.29 is 13.6 Å². The van der Waals surface area contributed by atoms with E-state index in [1.165, 1.54) is 24.5 Å². The highest BCUT2D eigenvalue weighted by Crippen LogP contribution is 2.35. The summed E-state index contributed by atoms with van der Waals surface area (Å²) < 4.78 is 28.9. The maximum atomic E-state index is 15.2. The average Bonchev–Trinajstić information content (AvgIpc) is 3.60. The lowest BCUT2D eigenvalue weighted by molar-refractivity contribution is -0.123. The first-order valence-corrected chi connectivity index (χ1v) is 12.5. The number of hydrogen-bond acceptors (Lipinski definition) is 6. The number of anilines is 1. The predicted molar refractivity (Wildman–Crippen MR) is 144 cm³/mol. The third-order valence-corrected chi connectivity index (χ3v) is 7.00. The lowest BCUT2D eigenvalue weighted by Gasteiger charge is -2.17. The molecule has 190 valence electrons. The van der Waals surface area contributed by atoms with E-state index < -0.39 is 11.2 Å². The molecule has 0 fully saturated rings. The van der Waals surface area contributed by atoms with E-state index in [1.54, 1.807) is 30.5 Å². The van der Waals surface area contributed by atoms with Crippen LogP contribution in [0.3, 0.4) is 0 Å². The summed E-state index contributed by atoms with van der Waals surface area (Å²) in [6.45, 7) is 5.43. The number of amides is 1. The standard InChI is InChI=1S/C27H21F2N7OS/c1-27(2,3)26(37)32-14-8-13(11-30-12-14)16-9-17-19(10-18(16)28)35-36-23(17)25-33-22-15(6-7-31-24(22)34-25)20-4-5-21(29)38-20/h4-12H,1-3H3,(H,32,37)(H,35,36)(H,31,33,34). The molecular weight excluding hydrogens is 508 g/mol. The van der Waals surface area contributed by atoms with Crippen LogP contribution < -0.4 is 5.32 Å². The Hall–Kier alpha value is -4.51. The summed E-state index contributed by atoms with van der Waals surface area (Å²) in [5.41, 5.74) is 3.51. The van der Waals surface area contributed by atoms with Crippen LogP contribution in [0.2, 0.25) is 0 Å². The normalized spacial score (nSPS) is 11.9. The highest BCUT2D eigenvalue weighted by atomic mass is 32.1. The van der Waals surface area contributed by atoms with Crippen molar-refractivity contribution in [2.45, 2.75) is 20.8 Å². The summed E-state index contributed by atoms with van der Waals surface area (Å²) in [6.07, 6.45) is 4.67. The lowest BCUT2D eigenvalue weighted by atomic mass is 9.95. The van der Waals surface area contributed by atoms with Gasteiger partial charge in [-0.15, -0.1) is 11.3 Å². The number of nitrogens with one attached hydrogen (secondary N) is 3. The zero-order valence-electron chi connectivity index (χ0n) is 20.6. The van der Waals surface area contributed by atoms with E-state index in [2.05, 4.69) is 35.5 Å². The van der Waals surface area contributed by atoms with Crippen LogP contribution >= 0.6 is 11.3 Å². The molecule has 0 aliphatic carbocycles. The number of nitrogens with zero attached hydrogens (tertiary/aromatic N) is 4. The highest BCUT2D eigenvalue weighted by Gasteiger charge is 2.22. The first kappa shape index (κ1) is 23.9. The Kier molecular flexibility index (Phi) is 5.53. The Morgan fingerprint density at radius 3 is 2.66 bits per heavy atom. The Morgan fingerprint density at radius 2 is 1.89 bits per heavy atom. The summed E-state index contributed by atoms with van der Waals surface area (Å²) in [5, 5.41) is 10.4. The Balaban J connectivity index is 1.43. The smallest absolute Gasteiger partial charge is 0.229 e. The van der Waals surface area contributed by atoms with E-state index in [-0.39, 0.29) is 11.0 Å². The first-order valence-electron chi connectivity index (χ1n) is 11.7. The quantitative estimate of drug-likeness (QED) is 0.240. The van der Waals surface area contributed by atoms with Gasteiger partial charge in [-0.3, -0.25) is 14.9 Å². The number of halogens is 2. The number of aromatic nitrogens is 6. The number of aromatic amines is 2. The van der Waals surface area contributed by atoms with Crippen LogP contribution in [0, 0.1) is 16.4 Å². The Morgan fingerprint density at radius 1 is 1.05 bits per heavy atom. The third-order valence-electron chi connectivity index (χ3n) is 6.09. The zero-order chi connectivity index (χ0) is 26.6. The van der Waals surface area contributed by atoms with Crippen molar-refractivity contribution in [3.63, 3.8) is 0 Å². The molecule has 0 atom stereocenters. The van der Waals surface area contributed by atoms with Gasteiger partial charge in [-0.25, -0.2) is 14.4 Å². The largest absolute Gasteiger partial charge is 0.335 e. The van der Waals surface area contributed by atoms with Crippen LogP contribution in [0.25, 0.3) is 55.2 Å². The monoisotopic (exact) mass is 529 g/mol. The summed E-state index contributed by atoms with van der Waals surface area (Å²) in [5.74, 6) is -0.208. The van der Waals surface area contributed by atoms with Crippen LogP contribution in [0.1, 0.15) is 20.8 Å². The fourth-order valence-corrected chi connectivity index (χ4v) is 4.86. The van der Waals surface area contributed by atoms with Gasteiger partial charge in [0.25, 0.3) is 0 Å². The molecule has 0 aliphatic heterocycles.